The van der Waals surface area contributed by atoms with Gasteiger partial charge in [-0.15, -0.1) is 11.3 Å². The minimum Gasteiger partial charge on any atom is -0.313 e. The molecule has 0 saturated heterocycles. The number of thiazole rings is 1. The SMILES string of the molecule is N=c1sc2c(n1CC(=O)c1ccc(Br)cc1)CCCC2. The Morgan fingerprint density at radius 1 is 1.25 bits per heavy atom. The first kappa shape index (κ1) is 13.8. The molecule has 1 aromatic carbocycles. The monoisotopic (exact) mass is 350 g/mol. The lowest BCUT2D eigenvalue weighted by Crippen LogP contribution is -2.22. The highest BCUT2D eigenvalue weighted by molar-refractivity contribution is 9.10. The van der Waals surface area contributed by atoms with Crippen molar-refractivity contribution < 1.29 is 4.79 Å². The number of aryl methyl sites for hydroxylation is 1. The summed E-state index contributed by atoms with van der Waals surface area (Å²) in [6.45, 7) is 0.284. The zero-order chi connectivity index (χ0) is 14.1. The summed E-state index contributed by atoms with van der Waals surface area (Å²) in [7, 11) is 0. The third-order valence-corrected chi connectivity index (χ3v) is 5.28. The fourth-order valence-electron chi connectivity index (χ4n) is 2.59. The van der Waals surface area contributed by atoms with Crippen LogP contribution in [0.15, 0.2) is 28.7 Å². The molecule has 0 fully saturated rings. The van der Waals surface area contributed by atoms with Crippen LogP contribution in [0.2, 0.25) is 0 Å². The van der Waals surface area contributed by atoms with Crippen molar-refractivity contribution in [2.24, 2.45) is 0 Å². The van der Waals surface area contributed by atoms with Gasteiger partial charge in [-0.3, -0.25) is 10.2 Å². The van der Waals surface area contributed by atoms with E-state index < -0.39 is 0 Å². The molecule has 0 saturated carbocycles. The number of rotatable bonds is 3. The Bertz CT molecular complexity index is 700. The second-order valence-corrected chi connectivity index (χ2v) is 7.00. The molecule has 0 aliphatic heterocycles. The van der Waals surface area contributed by atoms with Gasteiger partial charge >= 0.3 is 0 Å². The zero-order valence-corrected chi connectivity index (χ0v) is 13.4. The number of nitrogens with one attached hydrogen (secondary N) is 1. The number of ketones is 1. The minimum atomic E-state index is 0.0715. The first-order valence-electron chi connectivity index (χ1n) is 6.70. The molecule has 1 heterocycles. The van der Waals surface area contributed by atoms with E-state index in [0.29, 0.717) is 10.4 Å². The standard InChI is InChI=1S/C15H15BrN2OS/c16-11-7-5-10(6-8-11)13(19)9-18-12-3-1-2-4-14(12)20-15(18)17/h5-8,17H,1-4,9H2. The van der Waals surface area contributed by atoms with Crippen molar-refractivity contribution in [2.75, 3.05) is 0 Å². The molecule has 0 atom stereocenters. The summed E-state index contributed by atoms with van der Waals surface area (Å²) in [5, 5.41) is 8.08. The molecule has 1 aliphatic rings. The van der Waals surface area contributed by atoms with E-state index in [0.717, 1.165) is 23.7 Å². The highest BCUT2D eigenvalue weighted by atomic mass is 79.9. The van der Waals surface area contributed by atoms with Crippen LogP contribution in [0.3, 0.4) is 0 Å². The summed E-state index contributed by atoms with van der Waals surface area (Å²) in [6.07, 6.45) is 4.42. The van der Waals surface area contributed by atoms with Crippen molar-refractivity contribution in [3.63, 3.8) is 0 Å². The van der Waals surface area contributed by atoms with E-state index in [2.05, 4.69) is 15.9 Å². The average Bonchev–Trinajstić information content (AvgIpc) is 2.76. The van der Waals surface area contributed by atoms with Gasteiger partial charge in [-0.1, -0.05) is 28.1 Å². The Labute approximate surface area is 129 Å². The van der Waals surface area contributed by atoms with E-state index >= 15 is 0 Å². The van der Waals surface area contributed by atoms with Crippen LogP contribution in [-0.2, 0) is 19.4 Å². The van der Waals surface area contributed by atoms with Gasteiger partial charge in [0.1, 0.15) is 0 Å². The fourth-order valence-corrected chi connectivity index (χ4v) is 3.95. The summed E-state index contributed by atoms with van der Waals surface area (Å²) in [4.78, 5) is 14.1. The summed E-state index contributed by atoms with van der Waals surface area (Å²) >= 11 is 4.90. The summed E-state index contributed by atoms with van der Waals surface area (Å²) in [5.74, 6) is 0.0715. The molecule has 0 amide bonds. The number of carbonyl (C=O) groups excluding carboxylic acids is 1. The predicted molar refractivity (Wildman–Crippen MR) is 83.3 cm³/mol. The van der Waals surface area contributed by atoms with E-state index in [4.69, 9.17) is 5.41 Å². The lowest BCUT2D eigenvalue weighted by atomic mass is 10.0. The lowest BCUT2D eigenvalue weighted by molar-refractivity contribution is 0.0969. The molecule has 3 nitrogen and oxygen atoms in total. The Kier molecular flexibility index (Phi) is 3.89. The highest BCUT2D eigenvalue weighted by Crippen LogP contribution is 2.23. The first-order valence-corrected chi connectivity index (χ1v) is 8.31. The highest BCUT2D eigenvalue weighted by Gasteiger charge is 2.18. The van der Waals surface area contributed by atoms with Crippen LogP contribution in [0.4, 0.5) is 0 Å². The van der Waals surface area contributed by atoms with Crippen molar-refractivity contribution >= 4 is 33.0 Å². The van der Waals surface area contributed by atoms with Crippen LogP contribution in [-0.4, -0.2) is 10.4 Å². The second-order valence-electron chi connectivity index (χ2n) is 5.00. The first-order chi connectivity index (χ1) is 9.65. The van der Waals surface area contributed by atoms with Gasteiger partial charge in [-0.05, 0) is 37.8 Å². The number of Topliss-reactive ketones (excluding diaryl/α,β-unsaturated/α-hetero) is 1. The number of hydrogen-bond acceptors (Lipinski definition) is 3. The maximum Gasteiger partial charge on any atom is 0.182 e. The minimum absolute atomic E-state index is 0.0715. The van der Waals surface area contributed by atoms with Gasteiger partial charge in [0.05, 0.1) is 6.54 Å². The van der Waals surface area contributed by atoms with Gasteiger partial charge in [0, 0.05) is 20.6 Å². The van der Waals surface area contributed by atoms with Crippen molar-refractivity contribution in [1.29, 1.82) is 5.41 Å². The maximum absolute atomic E-state index is 12.3. The van der Waals surface area contributed by atoms with Crippen LogP contribution in [0.1, 0.15) is 33.8 Å². The maximum atomic E-state index is 12.3. The Morgan fingerprint density at radius 3 is 2.70 bits per heavy atom. The Balaban J connectivity index is 1.88. The molecule has 1 N–H and O–H groups in total. The number of aromatic nitrogens is 1. The quantitative estimate of drug-likeness (QED) is 0.845. The van der Waals surface area contributed by atoms with Crippen LogP contribution < -0.4 is 4.80 Å². The third kappa shape index (κ3) is 2.65. The number of fused-ring (bicyclic) bond motifs is 1. The topological polar surface area (TPSA) is 45.9 Å². The van der Waals surface area contributed by atoms with Crippen molar-refractivity contribution in [3.05, 3.63) is 49.7 Å². The molecule has 0 radical (unpaired) electrons. The number of carbonyl (C=O) groups is 1. The molecular weight excluding hydrogens is 336 g/mol. The average molecular weight is 351 g/mol. The van der Waals surface area contributed by atoms with E-state index in [9.17, 15) is 4.79 Å². The molecule has 0 unspecified atom stereocenters. The fraction of sp³-hybridized carbons (Fsp3) is 0.333. The molecule has 0 spiro atoms. The van der Waals surface area contributed by atoms with Crippen LogP contribution in [0, 0.1) is 5.41 Å². The van der Waals surface area contributed by atoms with E-state index in [1.54, 1.807) is 0 Å². The van der Waals surface area contributed by atoms with Gasteiger partial charge < -0.3 is 4.57 Å². The lowest BCUT2D eigenvalue weighted by Gasteiger charge is -2.14. The van der Waals surface area contributed by atoms with Crippen molar-refractivity contribution in [1.82, 2.24) is 4.57 Å². The van der Waals surface area contributed by atoms with Crippen molar-refractivity contribution in [3.8, 4) is 0 Å². The number of halogens is 1. The van der Waals surface area contributed by atoms with Crippen LogP contribution in [0.25, 0.3) is 0 Å². The van der Waals surface area contributed by atoms with Gasteiger partial charge in [0.2, 0.25) is 0 Å². The third-order valence-electron chi connectivity index (χ3n) is 3.65. The Morgan fingerprint density at radius 2 is 1.95 bits per heavy atom. The van der Waals surface area contributed by atoms with Gasteiger partial charge in [0.15, 0.2) is 10.6 Å². The second kappa shape index (κ2) is 5.66. The molecule has 3 rings (SSSR count). The summed E-state index contributed by atoms with van der Waals surface area (Å²) in [6, 6.07) is 7.41. The van der Waals surface area contributed by atoms with E-state index in [1.807, 2.05) is 28.8 Å². The normalized spacial score (nSPS) is 14.1. The van der Waals surface area contributed by atoms with Crippen LogP contribution >= 0.6 is 27.3 Å². The predicted octanol–water partition coefficient (Wildman–Crippen LogP) is 3.55. The van der Waals surface area contributed by atoms with E-state index in [1.165, 1.54) is 28.3 Å². The molecule has 5 heteroatoms. The van der Waals surface area contributed by atoms with E-state index in [-0.39, 0.29) is 12.3 Å². The van der Waals surface area contributed by atoms with Gasteiger partial charge in [0.25, 0.3) is 0 Å². The molecule has 0 bridgehead atoms. The molecular formula is C15H15BrN2OS. The smallest absolute Gasteiger partial charge is 0.182 e. The summed E-state index contributed by atoms with van der Waals surface area (Å²) < 4.78 is 2.86. The summed E-state index contributed by atoms with van der Waals surface area (Å²) in [5.41, 5.74) is 1.91. The number of nitrogens with zero attached hydrogens (tertiary/aromatic N) is 1. The van der Waals surface area contributed by atoms with Gasteiger partial charge in [-0.2, -0.15) is 0 Å². The molecule has 2 aromatic rings. The van der Waals surface area contributed by atoms with Crippen molar-refractivity contribution in [2.45, 2.75) is 32.2 Å². The largest absolute Gasteiger partial charge is 0.313 e. The molecule has 20 heavy (non-hydrogen) atoms. The Hall–Kier alpha value is -1.20. The van der Waals surface area contributed by atoms with Crippen LogP contribution in [0.5, 0.6) is 0 Å². The number of hydrogen-bond donors (Lipinski definition) is 1. The van der Waals surface area contributed by atoms with Gasteiger partial charge in [-0.25, -0.2) is 0 Å². The number of benzene rings is 1. The molecule has 1 aliphatic carbocycles. The molecule has 104 valence electrons. The zero-order valence-electron chi connectivity index (χ0n) is 11.0. The molecule has 1 aromatic heterocycles.